The van der Waals surface area contributed by atoms with Crippen LogP contribution in [0.4, 0.5) is 4.79 Å². The Morgan fingerprint density at radius 1 is 0.952 bits per heavy atom. The lowest BCUT2D eigenvalue weighted by Gasteiger charge is -2.35. The van der Waals surface area contributed by atoms with Gasteiger partial charge in [-0.25, -0.2) is 4.79 Å². The van der Waals surface area contributed by atoms with Crippen molar-refractivity contribution in [2.45, 2.75) is 116 Å². The fourth-order valence-electron chi connectivity index (χ4n) is 4.40. The maximum atomic E-state index is 12.9. The van der Waals surface area contributed by atoms with Gasteiger partial charge in [0.05, 0.1) is 12.6 Å². The summed E-state index contributed by atoms with van der Waals surface area (Å²) in [6.07, 6.45) is 13.3. The fourth-order valence-corrected chi connectivity index (χ4v) is 4.40. The minimum Gasteiger partial charge on any atom is -0.464 e. The van der Waals surface area contributed by atoms with Crippen molar-refractivity contribution in [2.24, 2.45) is 23.0 Å². The van der Waals surface area contributed by atoms with Crippen LogP contribution in [0.15, 0.2) is 0 Å². The summed E-state index contributed by atoms with van der Waals surface area (Å²) in [5.74, 6) is -1.26. The second-order valence-electron chi connectivity index (χ2n) is 12.9. The largest absolute Gasteiger partial charge is 0.464 e. The van der Waals surface area contributed by atoms with Crippen LogP contribution in [0.25, 0.3) is 0 Å². The fraction of sp³-hybridized carbons (Fsp3) is 0.800. The molecule has 1 aliphatic heterocycles. The van der Waals surface area contributed by atoms with Crippen LogP contribution in [0.2, 0.25) is 0 Å². The number of nitrogens with two attached hydrogens (primary N) is 1. The van der Waals surface area contributed by atoms with Crippen LogP contribution in [-0.2, 0) is 28.7 Å². The number of Topliss-reactive ketones (excluding diaryl/α,β-unsaturated/α-hetero) is 1. The summed E-state index contributed by atoms with van der Waals surface area (Å²) in [7, 11) is 0. The van der Waals surface area contributed by atoms with Gasteiger partial charge in [-0.15, -0.1) is 0 Å². The molecule has 42 heavy (non-hydrogen) atoms. The number of primary amides is 1. The third kappa shape index (κ3) is 13.2. The van der Waals surface area contributed by atoms with Crippen LogP contribution in [0.5, 0.6) is 0 Å². The monoisotopic (exact) mass is 593 g/mol. The number of ketones is 1. The van der Waals surface area contributed by atoms with E-state index in [0.29, 0.717) is 31.3 Å². The van der Waals surface area contributed by atoms with Crippen molar-refractivity contribution in [1.82, 2.24) is 20.9 Å². The van der Waals surface area contributed by atoms with Crippen LogP contribution in [0, 0.1) is 17.3 Å². The highest BCUT2D eigenvalue weighted by atomic mass is 16.5. The predicted octanol–water partition coefficient (Wildman–Crippen LogP) is 2.18. The summed E-state index contributed by atoms with van der Waals surface area (Å²) < 4.78 is 5.07. The average molecular weight is 594 g/mol. The third-order valence-corrected chi connectivity index (χ3v) is 7.89. The molecule has 0 aromatic carbocycles. The molecule has 3 atom stereocenters. The molecular weight excluding hydrogens is 542 g/mol. The van der Waals surface area contributed by atoms with E-state index in [-0.39, 0.29) is 18.5 Å². The second kappa shape index (κ2) is 17.1. The molecule has 1 saturated heterocycles. The van der Waals surface area contributed by atoms with Crippen LogP contribution in [0.1, 0.15) is 98.3 Å². The van der Waals surface area contributed by atoms with Crippen molar-refractivity contribution in [2.75, 3.05) is 19.7 Å². The molecule has 4 aliphatic rings. The number of rotatable bonds is 12. The number of urea groups is 1. The topological polar surface area (TPSA) is 177 Å². The number of hydrogen-bond acceptors (Lipinski definition) is 7. The number of carbonyl (C=O) groups excluding carboxylic acids is 6. The maximum absolute atomic E-state index is 12.9. The Bertz CT molecular complexity index is 935. The van der Waals surface area contributed by atoms with Gasteiger partial charge in [-0.1, -0.05) is 59.3 Å². The first-order valence-corrected chi connectivity index (χ1v) is 15.4. The van der Waals surface area contributed by atoms with Crippen molar-refractivity contribution in [3.8, 4) is 0 Å². The van der Waals surface area contributed by atoms with Crippen molar-refractivity contribution in [3.63, 3.8) is 0 Å². The van der Waals surface area contributed by atoms with E-state index >= 15 is 0 Å². The SMILES string of the molecule is C1CCC1.CC1CCCN1C(=O)C(NC(=O)NCC(=O)OCC1CC1)C(C)(C)C.NC(=O)C(=O)C(CC1CC1)NC=O. The van der Waals surface area contributed by atoms with E-state index in [4.69, 9.17) is 10.5 Å². The van der Waals surface area contributed by atoms with Crippen LogP contribution in [0.3, 0.4) is 0 Å². The predicted molar refractivity (Wildman–Crippen MR) is 157 cm³/mol. The highest BCUT2D eigenvalue weighted by molar-refractivity contribution is 6.37. The van der Waals surface area contributed by atoms with Crippen LogP contribution >= 0.6 is 0 Å². The van der Waals surface area contributed by atoms with E-state index in [9.17, 15) is 28.8 Å². The summed E-state index contributed by atoms with van der Waals surface area (Å²) in [4.78, 5) is 70.2. The van der Waals surface area contributed by atoms with Crippen LogP contribution < -0.4 is 21.7 Å². The van der Waals surface area contributed by atoms with Gasteiger partial charge in [0.25, 0.3) is 5.91 Å². The van der Waals surface area contributed by atoms with Crippen molar-refractivity contribution >= 4 is 36.0 Å². The van der Waals surface area contributed by atoms with Gasteiger partial charge in [-0.3, -0.25) is 24.0 Å². The molecule has 5 N–H and O–H groups in total. The number of esters is 1. The van der Waals surface area contributed by atoms with E-state index in [1.807, 2.05) is 32.6 Å². The summed E-state index contributed by atoms with van der Waals surface area (Å²) in [6, 6.07) is -1.69. The van der Waals surface area contributed by atoms with Crippen molar-refractivity contribution in [3.05, 3.63) is 0 Å². The first-order valence-electron chi connectivity index (χ1n) is 15.4. The maximum Gasteiger partial charge on any atom is 0.325 e. The number of nitrogens with zero attached hydrogens (tertiary/aromatic N) is 1. The minimum absolute atomic E-state index is 0.0658. The normalized spacial score (nSPS) is 20.6. The summed E-state index contributed by atoms with van der Waals surface area (Å²) in [5.41, 5.74) is 4.39. The molecule has 4 fully saturated rings. The minimum atomic E-state index is -0.986. The summed E-state index contributed by atoms with van der Waals surface area (Å²) >= 11 is 0. The molecule has 5 amide bonds. The van der Waals surface area contributed by atoms with Gasteiger partial charge in [0.2, 0.25) is 18.1 Å². The van der Waals surface area contributed by atoms with Crippen molar-refractivity contribution < 1.29 is 33.5 Å². The van der Waals surface area contributed by atoms with Gasteiger partial charge in [-0.2, -0.15) is 0 Å². The smallest absolute Gasteiger partial charge is 0.325 e. The molecule has 3 aliphatic carbocycles. The second-order valence-corrected chi connectivity index (χ2v) is 12.9. The number of hydrogen-bond donors (Lipinski definition) is 4. The standard InChI is InChI=1S/C18H31N3O4.C8H12N2O3.C4H8/c1-12-6-5-9-21(12)16(23)15(18(2,3)4)20-17(24)19-10-14(22)25-11-13-7-8-13;9-8(13)7(12)6(10-4-11)3-5-1-2-5;1-2-4-3-1/h12-13,15H,5-11H2,1-4H3,(H2,19,20,24);4-6H,1-3H2,(H2,9,13)(H,10,11);1-4H2. The zero-order valence-corrected chi connectivity index (χ0v) is 25.7. The lowest BCUT2D eigenvalue weighted by atomic mass is 9.85. The number of likely N-dealkylation sites (tertiary alicyclic amines) is 1. The van der Waals surface area contributed by atoms with Gasteiger partial charge >= 0.3 is 12.0 Å². The van der Waals surface area contributed by atoms with E-state index in [2.05, 4.69) is 16.0 Å². The number of nitrogens with one attached hydrogen (secondary N) is 3. The lowest BCUT2D eigenvalue weighted by Crippen LogP contribution is -2.57. The number of ether oxygens (including phenoxy) is 1. The third-order valence-electron chi connectivity index (χ3n) is 7.89. The molecular formula is C30H51N5O7. The summed E-state index contributed by atoms with van der Waals surface area (Å²) in [5, 5.41) is 7.53. The zero-order valence-electron chi connectivity index (χ0n) is 25.7. The molecule has 1 heterocycles. The highest BCUT2D eigenvalue weighted by Gasteiger charge is 2.38. The Morgan fingerprint density at radius 2 is 1.55 bits per heavy atom. The lowest BCUT2D eigenvalue weighted by molar-refractivity contribution is -0.142. The molecule has 12 heteroatoms. The van der Waals surface area contributed by atoms with E-state index < -0.39 is 41.2 Å². The molecule has 12 nitrogen and oxygen atoms in total. The Hall–Kier alpha value is -3.18. The Kier molecular flexibility index (Phi) is 14.2. The van der Waals surface area contributed by atoms with E-state index in [0.717, 1.165) is 45.1 Å². The first kappa shape index (κ1) is 35.0. The Morgan fingerprint density at radius 3 is 1.98 bits per heavy atom. The zero-order chi connectivity index (χ0) is 31.3. The Labute approximate surface area is 249 Å². The van der Waals surface area contributed by atoms with Crippen LogP contribution in [-0.4, -0.2) is 78.7 Å². The molecule has 238 valence electrons. The van der Waals surface area contributed by atoms with Gasteiger partial charge in [0.1, 0.15) is 12.6 Å². The van der Waals surface area contributed by atoms with E-state index in [1.54, 1.807) is 0 Å². The highest BCUT2D eigenvalue weighted by Crippen LogP contribution is 2.33. The van der Waals surface area contributed by atoms with Crippen molar-refractivity contribution in [1.29, 1.82) is 0 Å². The molecule has 0 radical (unpaired) electrons. The number of amides is 5. The quantitative estimate of drug-likeness (QED) is 0.152. The molecule has 4 rings (SSSR count). The first-order chi connectivity index (χ1) is 19.8. The van der Waals surface area contributed by atoms with Gasteiger partial charge in [0, 0.05) is 12.6 Å². The van der Waals surface area contributed by atoms with Gasteiger partial charge in [-0.05, 0) is 56.3 Å². The molecule has 0 bridgehead atoms. The average Bonchev–Trinajstić information content (AvgIpc) is 3.82. The molecule has 3 unspecified atom stereocenters. The van der Waals surface area contributed by atoms with Gasteiger partial charge in [0.15, 0.2) is 0 Å². The van der Waals surface area contributed by atoms with E-state index in [1.165, 1.54) is 25.7 Å². The molecule has 3 saturated carbocycles. The summed E-state index contributed by atoms with van der Waals surface area (Å²) in [6.45, 7) is 8.74. The van der Waals surface area contributed by atoms with Gasteiger partial charge < -0.3 is 31.3 Å². The molecule has 0 aromatic heterocycles. The Balaban J connectivity index is 0.000000299. The molecule has 0 aromatic rings. The molecule has 0 spiro atoms. The number of carbonyl (C=O) groups is 6.